The molecular weight excluding hydrogens is 638 g/mol. The first-order chi connectivity index (χ1) is 22.9. The van der Waals surface area contributed by atoms with Crippen molar-refractivity contribution in [3.63, 3.8) is 0 Å². The van der Waals surface area contributed by atoms with Crippen LogP contribution in [0.1, 0.15) is 67.2 Å². The van der Waals surface area contributed by atoms with Crippen LogP contribution in [0.15, 0.2) is 61.1 Å². The Kier molecular flexibility index (Phi) is 11.8. The van der Waals surface area contributed by atoms with Crippen LogP contribution in [0.3, 0.4) is 0 Å². The van der Waals surface area contributed by atoms with Gasteiger partial charge in [0.1, 0.15) is 17.1 Å². The van der Waals surface area contributed by atoms with Gasteiger partial charge < -0.3 is 35.4 Å². The van der Waals surface area contributed by atoms with E-state index in [1.807, 2.05) is 12.1 Å². The van der Waals surface area contributed by atoms with Crippen LogP contribution >= 0.6 is 11.6 Å². The Morgan fingerprint density at radius 3 is 1.85 bits per heavy atom. The summed E-state index contributed by atoms with van der Waals surface area (Å²) in [6, 6.07) is 12.1. The Bertz CT molecular complexity index is 1810. The zero-order valence-corrected chi connectivity index (χ0v) is 28.1. The summed E-state index contributed by atoms with van der Waals surface area (Å²) < 4.78 is 4.71. The number of alkyl halides is 1. The zero-order valence-electron chi connectivity index (χ0n) is 27.3. The lowest BCUT2D eigenvalue weighted by atomic mass is 10.1. The van der Waals surface area contributed by atoms with E-state index < -0.39 is 23.6 Å². The molecule has 0 aliphatic carbocycles. The molecular formula is C33H40ClN9O5. The van der Waals surface area contributed by atoms with Crippen LogP contribution in [-0.2, 0) is 32.4 Å². The van der Waals surface area contributed by atoms with Gasteiger partial charge in [0.05, 0.1) is 17.1 Å². The lowest BCUT2D eigenvalue weighted by molar-refractivity contribution is -0.117. The molecule has 6 N–H and O–H groups in total. The number of primary amides is 1. The predicted octanol–water partition coefficient (Wildman–Crippen LogP) is 3.15. The number of nitrogens with one attached hydrogen (secondary N) is 4. The van der Waals surface area contributed by atoms with E-state index in [1.165, 1.54) is 17.1 Å². The molecule has 1 aromatic carbocycles. The zero-order chi connectivity index (χ0) is 35.0. The lowest BCUT2D eigenvalue weighted by Gasteiger charge is -2.22. The molecule has 3 aromatic heterocycles. The van der Waals surface area contributed by atoms with Gasteiger partial charge in [-0.15, -0.1) is 11.6 Å². The minimum atomic E-state index is -0.528. The van der Waals surface area contributed by atoms with Crippen molar-refractivity contribution in [3.05, 3.63) is 89.3 Å². The molecule has 0 saturated carbocycles. The number of nitrogens with two attached hydrogens (primary N) is 1. The minimum Gasteiger partial charge on any atom is -0.370 e. The molecule has 254 valence electrons. The molecule has 48 heavy (non-hydrogen) atoms. The van der Waals surface area contributed by atoms with Gasteiger partial charge in [-0.25, -0.2) is 10.4 Å². The number of hydrogen-bond donors (Lipinski definition) is 5. The van der Waals surface area contributed by atoms with E-state index in [1.54, 1.807) is 71.6 Å². The maximum absolute atomic E-state index is 13.5. The van der Waals surface area contributed by atoms with E-state index in [4.69, 9.17) is 17.3 Å². The molecule has 4 aromatic rings. The van der Waals surface area contributed by atoms with Crippen LogP contribution in [0.25, 0.3) is 0 Å². The number of aromatic nitrogens is 3. The molecule has 0 spiro atoms. The summed E-state index contributed by atoms with van der Waals surface area (Å²) in [5, 5.41) is 9.55. The van der Waals surface area contributed by atoms with E-state index >= 15 is 0 Å². The molecule has 0 bridgehead atoms. The minimum absolute atomic E-state index is 0.00933. The molecule has 0 aliphatic heterocycles. The number of carbonyl (C=O) groups excluding carboxylic acids is 5. The SMILES string of the molecule is CCCc1ccc(C(=O)N(NCCCl)c2cc(C(=O)Nc3cc(C(=O)Nc4cc(C(=O)NCCC(N)=O)n(C)c4)n(C)c3)n(C)c2)cc1. The normalized spacial score (nSPS) is 10.9. The monoisotopic (exact) mass is 677 g/mol. The van der Waals surface area contributed by atoms with Gasteiger partial charge in [0, 0.05) is 70.7 Å². The summed E-state index contributed by atoms with van der Waals surface area (Å²) >= 11 is 5.91. The standard InChI is InChI=1S/C33H40ClN9O5/c1-5-6-21-7-9-22(10-8-21)33(48)43(37-14-12-34)25-17-28(42(4)20-25)32(47)39-24-16-27(41(3)19-24)31(46)38-23-15-26(40(2)18-23)30(45)36-13-11-29(35)44/h7-10,15-20,37H,5-6,11-14H2,1-4H3,(H2,35,44)(H,36,45)(H,38,46)(H,39,47). The number of anilines is 3. The number of hydrazine groups is 1. The van der Waals surface area contributed by atoms with Crippen molar-refractivity contribution in [2.24, 2.45) is 26.9 Å². The average Bonchev–Trinajstić information content (AvgIpc) is 3.73. The Labute approximate surface area is 283 Å². The van der Waals surface area contributed by atoms with Gasteiger partial charge in [0.15, 0.2) is 0 Å². The highest BCUT2D eigenvalue weighted by molar-refractivity contribution is 6.18. The maximum Gasteiger partial charge on any atom is 0.272 e. The first kappa shape index (κ1) is 35.5. The van der Waals surface area contributed by atoms with E-state index in [0.29, 0.717) is 29.2 Å². The number of hydrogen-bond acceptors (Lipinski definition) is 6. The quantitative estimate of drug-likeness (QED) is 0.0953. The van der Waals surface area contributed by atoms with Crippen molar-refractivity contribution in [2.45, 2.75) is 26.2 Å². The first-order valence-electron chi connectivity index (χ1n) is 15.3. The summed E-state index contributed by atoms with van der Waals surface area (Å²) in [5.41, 5.74) is 11.8. The molecule has 14 nitrogen and oxygen atoms in total. The smallest absolute Gasteiger partial charge is 0.272 e. The first-order valence-corrected chi connectivity index (χ1v) is 15.9. The molecule has 4 rings (SSSR count). The number of aryl methyl sites for hydroxylation is 4. The summed E-state index contributed by atoms with van der Waals surface area (Å²) in [7, 11) is 5.00. The highest BCUT2D eigenvalue weighted by atomic mass is 35.5. The van der Waals surface area contributed by atoms with Gasteiger partial charge in [0.2, 0.25) is 5.91 Å². The topological polar surface area (TPSA) is 178 Å². The highest BCUT2D eigenvalue weighted by Gasteiger charge is 2.23. The van der Waals surface area contributed by atoms with Gasteiger partial charge >= 0.3 is 0 Å². The number of benzene rings is 1. The van der Waals surface area contributed by atoms with Crippen molar-refractivity contribution in [1.29, 1.82) is 0 Å². The van der Waals surface area contributed by atoms with Gasteiger partial charge in [-0.05, 0) is 42.3 Å². The van der Waals surface area contributed by atoms with Crippen molar-refractivity contribution < 1.29 is 24.0 Å². The van der Waals surface area contributed by atoms with Gasteiger partial charge in [-0.1, -0.05) is 25.5 Å². The van der Waals surface area contributed by atoms with Crippen LogP contribution in [0.5, 0.6) is 0 Å². The number of carbonyl (C=O) groups is 5. The van der Waals surface area contributed by atoms with Crippen LogP contribution < -0.4 is 32.1 Å². The molecule has 15 heteroatoms. The van der Waals surface area contributed by atoms with E-state index in [9.17, 15) is 24.0 Å². The van der Waals surface area contributed by atoms with Gasteiger partial charge in [0.25, 0.3) is 23.6 Å². The van der Waals surface area contributed by atoms with E-state index in [-0.39, 0.29) is 41.8 Å². The largest absolute Gasteiger partial charge is 0.370 e. The highest BCUT2D eigenvalue weighted by Crippen LogP contribution is 2.22. The summed E-state index contributed by atoms with van der Waals surface area (Å²) in [4.78, 5) is 63.4. The molecule has 0 atom stereocenters. The van der Waals surface area contributed by atoms with Crippen LogP contribution in [0.2, 0.25) is 0 Å². The summed E-state index contributed by atoms with van der Waals surface area (Å²) in [6.07, 6.45) is 6.77. The maximum atomic E-state index is 13.5. The van der Waals surface area contributed by atoms with Crippen LogP contribution in [0.4, 0.5) is 17.1 Å². The van der Waals surface area contributed by atoms with Crippen molar-refractivity contribution in [3.8, 4) is 0 Å². The van der Waals surface area contributed by atoms with Crippen molar-refractivity contribution in [1.82, 2.24) is 24.4 Å². The average molecular weight is 678 g/mol. The van der Waals surface area contributed by atoms with Crippen molar-refractivity contribution >= 4 is 58.2 Å². The summed E-state index contributed by atoms with van der Waals surface area (Å²) in [6.45, 7) is 2.51. The molecule has 0 saturated heterocycles. The molecule has 5 amide bonds. The number of nitrogens with zero attached hydrogens (tertiary/aromatic N) is 4. The second-order valence-corrected chi connectivity index (χ2v) is 11.6. The summed E-state index contributed by atoms with van der Waals surface area (Å²) in [5.74, 6) is -1.90. The molecule has 0 fully saturated rings. The number of halogens is 1. The van der Waals surface area contributed by atoms with Gasteiger partial charge in [-0.3, -0.25) is 24.0 Å². The Balaban J connectivity index is 1.45. The Morgan fingerprint density at radius 2 is 1.31 bits per heavy atom. The molecule has 0 radical (unpaired) electrons. The lowest BCUT2D eigenvalue weighted by Crippen LogP contribution is -2.44. The van der Waals surface area contributed by atoms with E-state index in [2.05, 4.69) is 28.3 Å². The fourth-order valence-corrected chi connectivity index (χ4v) is 5.14. The van der Waals surface area contributed by atoms with Crippen molar-refractivity contribution in [2.75, 3.05) is 34.6 Å². The fourth-order valence-electron chi connectivity index (χ4n) is 5.06. The third-order valence-electron chi connectivity index (χ3n) is 7.44. The third kappa shape index (κ3) is 8.72. The molecule has 0 unspecified atom stereocenters. The number of amides is 5. The Hall–Kier alpha value is -5.34. The second-order valence-electron chi connectivity index (χ2n) is 11.2. The molecule has 3 heterocycles. The predicted molar refractivity (Wildman–Crippen MR) is 184 cm³/mol. The third-order valence-corrected chi connectivity index (χ3v) is 7.63. The van der Waals surface area contributed by atoms with E-state index in [0.717, 1.165) is 18.4 Å². The Morgan fingerprint density at radius 1 is 0.771 bits per heavy atom. The number of rotatable bonds is 15. The molecule has 0 aliphatic rings. The van der Waals surface area contributed by atoms with Crippen LogP contribution in [-0.4, -0.2) is 62.2 Å². The van der Waals surface area contributed by atoms with Crippen LogP contribution in [0, 0.1) is 0 Å². The van der Waals surface area contributed by atoms with Gasteiger partial charge in [-0.2, -0.15) is 0 Å². The second kappa shape index (κ2) is 16.0. The fraction of sp³-hybridized carbons (Fsp3) is 0.303.